The maximum atomic E-state index is 12.5. The molecule has 1 aliphatic rings. The van der Waals surface area contributed by atoms with Gasteiger partial charge in [-0.25, -0.2) is 0 Å². The molecule has 30 heavy (non-hydrogen) atoms. The Bertz CT molecular complexity index is 1120. The van der Waals surface area contributed by atoms with Gasteiger partial charge in [0.25, 0.3) is 0 Å². The zero-order valence-corrected chi connectivity index (χ0v) is 16.9. The van der Waals surface area contributed by atoms with Crippen molar-refractivity contribution in [1.82, 2.24) is 15.8 Å². The third kappa shape index (κ3) is 3.91. The van der Waals surface area contributed by atoms with Crippen molar-refractivity contribution in [3.63, 3.8) is 0 Å². The summed E-state index contributed by atoms with van der Waals surface area (Å²) in [4.78, 5) is 38.9. The van der Waals surface area contributed by atoms with E-state index in [0.29, 0.717) is 24.2 Å². The van der Waals surface area contributed by atoms with E-state index in [1.807, 2.05) is 49.4 Å². The fourth-order valence-electron chi connectivity index (χ4n) is 3.68. The molecule has 2 aromatic carbocycles. The molecule has 0 spiro atoms. The molecule has 2 N–H and O–H groups in total. The third-order valence-corrected chi connectivity index (χ3v) is 5.43. The lowest BCUT2D eigenvalue weighted by molar-refractivity contribution is -0.129. The van der Waals surface area contributed by atoms with Crippen LogP contribution < -0.4 is 10.9 Å². The predicted octanol–water partition coefficient (Wildman–Crippen LogP) is 2.86. The first-order valence-electron chi connectivity index (χ1n) is 9.84. The van der Waals surface area contributed by atoms with Crippen molar-refractivity contribution in [2.75, 3.05) is 6.54 Å². The molecule has 0 radical (unpaired) electrons. The number of fused-ring (bicyclic) bond motifs is 1. The van der Waals surface area contributed by atoms with Gasteiger partial charge in [-0.1, -0.05) is 48.0 Å². The number of hydrazine groups is 1. The molecule has 1 aliphatic heterocycles. The number of nitrogens with zero attached hydrogens (tertiary/aromatic N) is 1. The Morgan fingerprint density at radius 2 is 1.80 bits per heavy atom. The first-order valence-corrected chi connectivity index (χ1v) is 9.84. The summed E-state index contributed by atoms with van der Waals surface area (Å²) in [6.45, 7) is 4.58. The van der Waals surface area contributed by atoms with Crippen molar-refractivity contribution in [3.05, 3.63) is 71.0 Å². The van der Waals surface area contributed by atoms with Crippen LogP contribution in [0.25, 0.3) is 11.0 Å². The van der Waals surface area contributed by atoms with Crippen LogP contribution >= 0.6 is 0 Å². The molecule has 1 aromatic heterocycles. The van der Waals surface area contributed by atoms with E-state index in [-0.39, 0.29) is 18.1 Å². The first-order chi connectivity index (χ1) is 14.4. The normalized spacial score (nSPS) is 16.1. The summed E-state index contributed by atoms with van der Waals surface area (Å²) in [6, 6.07) is 15.3. The van der Waals surface area contributed by atoms with Gasteiger partial charge in [-0.15, -0.1) is 0 Å². The number of rotatable bonds is 4. The SMILES string of the molecule is Cc1ccc(CN2CC(C(=O)NNC(=O)c3oc4ccccc4c3C)CC2=O)cc1. The van der Waals surface area contributed by atoms with E-state index in [4.69, 9.17) is 4.42 Å². The molecule has 7 nitrogen and oxygen atoms in total. The number of carbonyl (C=O) groups excluding carboxylic acids is 3. The molecule has 1 fully saturated rings. The molecule has 0 aliphatic carbocycles. The van der Waals surface area contributed by atoms with Gasteiger partial charge in [-0.2, -0.15) is 0 Å². The molecule has 154 valence electrons. The van der Waals surface area contributed by atoms with Crippen molar-refractivity contribution in [2.24, 2.45) is 5.92 Å². The van der Waals surface area contributed by atoms with E-state index < -0.39 is 17.7 Å². The van der Waals surface area contributed by atoms with Crippen LogP contribution in [0.15, 0.2) is 52.9 Å². The number of para-hydroxylation sites is 1. The monoisotopic (exact) mass is 405 g/mol. The summed E-state index contributed by atoms with van der Waals surface area (Å²) in [5, 5.41) is 0.849. The Morgan fingerprint density at radius 3 is 2.53 bits per heavy atom. The topological polar surface area (TPSA) is 91.7 Å². The minimum atomic E-state index is -0.530. The molecule has 3 amide bonds. The molecule has 0 bridgehead atoms. The summed E-state index contributed by atoms with van der Waals surface area (Å²) in [5.41, 5.74) is 8.32. The van der Waals surface area contributed by atoms with Gasteiger partial charge in [0.1, 0.15) is 5.58 Å². The summed E-state index contributed by atoms with van der Waals surface area (Å²) >= 11 is 0. The number of hydrogen-bond acceptors (Lipinski definition) is 4. The molecular formula is C23H23N3O4. The minimum absolute atomic E-state index is 0.0739. The fourth-order valence-corrected chi connectivity index (χ4v) is 3.68. The van der Waals surface area contributed by atoms with Crippen molar-refractivity contribution in [3.8, 4) is 0 Å². The van der Waals surface area contributed by atoms with E-state index in [2.05, 4.69) is 10.9 Å². The first kappa shape index (κ1) is 19.7. The van der Waals surface area contributed by atoms with Crippen LogP contribution in [0.4, 0.5) is 0 Å². The summed E-state index contributed by atoms with van der Waals surface area (Å²) in [5.74, 6) is -1.36. The maximum Gasteiger partial charge on any atom is 0.305 e. The standard InChI is InChI=1S/C23H23N3O4/c1-14-7-9-16(10-8-14)12-26-13-17(11-20(26)27)22(28)24-25-23(29)21-15(2)18-5-3-4-6-19(18)30-21/h3-10,17H,11-13H2,1-2H3,(H,24,28)(H,25,29). The van der Waals surface area contributed by atoms with Gasteiger partial charge in [0, 0.05) is 30.5 Å². The van der Waals surface area contributed by atoms with E-state index >= 15 is 0 Å². The number of amides is 3. The van der Waals surface area contributed by atoms with Crippen LogP contribution in [0.5, 0.6) is 0 Å². The molecule has 4 rings (SSSR count). The van der Waals surface area contributed by atoms with E-state index in [1.165, 1.54) is 0 Å². The summed E-state index contributed by atoms with van der Waals surface area (Å²) < 4.78 is 5.60. The average molecular weight is 405 g/mol. The van der Waals surface area contributed by atoms with Crippen molar-refractivity contribution in [2.45, 2.75) is 26.8 Å². The van der Waals surface area contributed by atoms with Gasteiger partial charge < -0.3 is 9.32 Å². The Labute approximate surface area is 174 Å². The largest absolute Gasteiger partial charge is 0.451 e. The number of carbonyl (C=O) groups is 3. The highest BCUT2D eigenvalue weighted by atomic mass is 16.3. The highest BCUT2D eigenvalue weighted by Crippen LogP contribution is 2.25. The van der Waals surface area contributed by atoms with Crippen LogP contribution in [0.2, 0.25) is 0 Å². The molecule has 0 saturated carbocycles. The molecule has 1 atom stereocenters. The highest BCUT2D eigenvalue weighted by Gasteiger charge is 2.34. The van der Waals surface area contributed by atoms with Crippen molar-refractivity contribution in [1.29, 1.82) is 0 Å². The second-order valence-electron chi connectivity index (χ2n) is 7.66. The van der Waals surface area contributed by atoms with Crippen molar-refractivity contribution < 1.29 is 18.8 Å². The lowest BCUT2D eigenvalue weighted by Gasteiger charge is -2.17. The van der Waals surface area contributed by atoms with Gasteiger partial charge >= 0.3 is 5.91 Å². The average Bonchev–Trinajstić information content (AvgIpc) is 3.28. The smallest absolute Gasteiger partial charge is 0.305 e. The Morgan fingerprint density at radius 1 is 1.07 bits per heavy atom. The molecule has 2 heterocycles. The number of hydrogen-bond donors (Lipinski definition) is 2. The van der Waals surface area contributed by atoms with Crippen molar-refractivity contribution >= 4 is 28.7 Å². The van der Waals surface area contributed by atoms with Gasteiger partial charge in [-0.3, -0.25) is 25.2 Å². The predicted molar refractivity (Wildman–Crippen MR) is 111 cm³/mol. The zero-order chi connectivity index (χ0) is 21.3. The summed E-state index contributed by atoms with van der Waals surface area (Å²) in [6.07, 6.45) is 0.122. The van der Waals surface area contributed by atoms with Gasteiger partial charge in [0.15, 0.2) is 5.76 Å². The number of furan rings is 1. The minimum Gasteiger partial charge on any atom is -0.451 e. The molecule has 1 unspecified atom stereocenters. The molecular weight excluding hydrogens is 382 g/mol. The Kier molecular flexibility index (Phi) is 5.27. The van der Waals surface area contributed by atoms with E-state index in [1.54, 1.807) is 17.9 Å². The summed E-state index contributed by atoms with van der Waals surface area (Å²) in [7, 11) is 0. The lowest BCUT2D eigenvalue weighted by Crippen LogP contribution is -2.45. The highest BCUT2D eigenvalue weighted by molar-refractivity contribution is 6.00. The number of benzene rings is 2. The number of likely N-dealkylation sites (tertiary alicyclic amines) is 1. The second kappa shape index (κ2) is 8.02. The van der Waals surface area contributed by atoms with E-state index in [0.717, 1.165) is 16.5 Å². The van der Waals surface area contributed by atoms with Crippen LogP contribution in [-0.2, 0) is 16.1 Å². The van der Waals surface area contributed by atoms with Gasteiger partial charge in [-0.05, 0) is 25.5 Å². The Hall–Kier alpha value is -3.61. The molecule has 7 heteroatoms. The van der Waals surface area contributed by atoms with Crippen LogP contribution in [0, 0.1) is 19.8 Å². The fraction of sp³-hybridized carbons (Fsp3) is 0.261. The van der Waals surface area contributed by atoms with Gasteiger partial charge in [0.05, 0.1) is 5.92 Å². The quantitative estimate of drug-likeness (QED) is 0.653. The molecule has 1 saturated heterocycles. The van der Waals surface area contributed by atoms with Crippen LogP contribution in [0.3, 0.4) is 0 Å². The Balaban J connectivity index is 1.34. The molecule has 3 aromatic rings. The second-order valence-corrected chi connectivity index (χ2v) is 7.66. The number of nitrogens with one attached hydrogen (secondary N) is 2. The lowest BCUT2D eigenvalue weighted by atomic mass is 10.1. The van der Waals surface area contributed by atoms with E-state index in [9.17, 15) is 14.4 Å². The zero-order valence-electron chi connectivity index (χ0n) is 16.9. The maximum absolute atomic E-state index is 12.5. The third-order valence-electron chi connectivity index (χ3n) is 5.43. The number of aryl methyl sites for hydroxylation is 2. The van der Waals surface area contributed by atoms with Gasteiger partial charge in [0.2, 0.25) is 11.8 Å². The van der Waals surface area contributed by atoms with Crippen LogP contribution in [0.1, 0.15) is 33.7 Å². The van der Waals surface area contributed by atoms with Crippen LogP contribution in [-0.4, -0.2) is 29.2 Å².